The van der Waals surface area contributed by atoms with Crippen LogP contribution in [0.1, 0.15) is 6.92 Å². The van der Waals surface area contributed by atoms with E-state index in [1.807, 2.05) is 32.2 Å². The third kappa shape index (κ3) is 2.11. The summed E-state index contributed by atoms with van der Waals surface area (Å²) < 4.78 is 5.20. The second-order valence-corrected chi connectivity index (χ2v) is 2.04. The summed E-state index contributed by atoms with van der Waals surface area (Å²) in [5, 5.41) is 2.93. The Bertz CT molecular complexity index is 225. The van der Waals surface area contributed by atoms with Crippen molar-refractivity contribution in [1.82, 2.24) is 4.98 Å². The van der Waals surface area contributed by atoms with Crippen molar-refractivity contribution < 1.29 is 4.74 Å². The van der Waals surface area contributed by atoms with Crippen molar-refractivity contribution in [3.63, 3.8) is 0 Å². The lowest BCUT2D eigenvalue weighted by atomic mass is 10.4. The number of nitrogens with zero attached hydrogens (tertiary/aromatic N) is 1. The molecule has 0 unspecified atom stereocenters. The highest BCUT2D eigenvalue weighted by Crippen LogP contribution is 2.09. The van der Waals surface area contributed by atoms with Crippen molar-refractivity contribution in [2.45, 2.75) is 6.92 Å². The number of aromatic nitrogens is 1. The number of nitrogens with one attached hydrogen (secondary N) is 1. The number of pyridine rings is 1. The lowest BCUT2D eigenvalue weighted by molar-refractivity contribution is 0.327. The molecule has 3 nitrogen and oxygen atoms in total. The van der Waals surface area contributed by atoms with Crippen LogP contribution >= 0.6 is 0 Å². The Balaban J connectivity index is 2.74. The molecule has 0 saturated carbocycles. The molecule has 1 N–H and O–H groups in total. The molecule has 0 radical (unpaired) electrons. The molecule has 1 aromatic rings. The lowest BCUT2D eigenvalue weighted by Crippen LogP contribution is -1.97. The van der Waals surface area contributed by atoms with E-state index in [2.05, 4.69) is 10.3 Å². The monoisotopic (exact) mass is 152 g/mol. The fourth-order valence-corrected chi connectivity index (χ4v) is 0.782. The number of hydrogen-bond donors (Lipinski definition) is 1. The molecule has 0 saturated heterocycles. The highest BCUT2D eigenvalue weighted by atomic mass is 16.5. The molecule has 0 bridgehead atoms. The van der Waals surface area contributed by atoms with Gasteiger partial charge in [0.15, 0.2) is 0 Å². The molecule has 0 aliphatic rings. The van der Waals surface area contributed by atoms with Crippen LogP contribution in [0.2, 0.25) is 0 Å². The van der Waals surface area contributed by atoms with Gasteiger partial charge < -0.3 is 10.1 Å². The summed E-state index contributed by atoms with van der Waals surface area (Å²) in [6, 6.07) is 5.64. The smallest absolute Gasteiger partial charge is 0.215 e. The Labute approximate surface area is 66.4 Å². The van der Waals surface area contributed by atoms with Crippen molar-refractivity contribution in [3.8, 4) is 5.88 Å². The van der Waals surface area contributed by atoms with Crippen molar-refractivity contribution in [1.29, 1.82) is 0 Å². The summed E-state index contributed by atoms with van der Waals surface area (Å²) in [5.74, 6) is 1.50. The molecular weight excluding hydrogens is 140 g/mol. The molecule has 0 spiro atoms. The zero-order valence-electron chi connectivity index (χ0n) is 6.79. The third-order valence-electron chi connectivity index (χ3n) is 1.27. The number of hydrogen-bond acceptors (Lipinski definition) is 3. The predicted octanol–water partition coefficient (Wildman–Crippen LogP) is 1.52. The SMILES string of the molecule is CCOc1cccc(NC)n1. The van der Waals surface area contributed by atoms with Crippen molar-refractivity contribution >= 4 is 5.82 Å². The largest absolute Gasteiger partial charge is 0.478 e. The maximum atomic E-state index is 5.20. The van der Waals surface area contributed by atoms with Crippen molar-refractivity contribution in [2.75, 3.05) is 19.0 Å². The molecule has 0 aliphatic heterocycles. The van der Waals surface area contributed by atoms with Crippen LogP contribution in [-0.4, -0.2) is 18.6 Å². The zero-order valence-corrected chi connectivity index (χ0v) is 6.79. The number of ether oxygens (including phenoxy) is 1. The Hall–Kier alpha value is -1.25. The summed E-state index contributed by atoms with van der Waals surface area (Å²) in [4.78, 5) is 4.15. The summed E-state index contributed by atoms with van der Waals surface area (Å²) in [5.41, 5.74) is 0. The quantitative estimate of drug-likeness (QED) is 0.713. The van der Waals surface area contributed by atoms with E-state index in [1.165, 1.54) is 0 Å². The van der Waals surface area contributed by atoms with E-state index < -0.39 is 0 Å². The normalized spacial score (nSPS) is 9.27. The predicted molar refractivity (Wildman–Crippen MR) is 45.0 cm³/mol. The van der Waals surface area contributed by atoms with Gasteiger partial charge in [-0.25, -0.2) is 0 Å². The Kier molecular flexibility index (Phi) is 2.72. The van der Waals surface area contributed by atoms with Gasteiger partial charge in [-0.1, -0.05) is 6.07 Å². The minimum Gasteiger partial charge on any atom is -0.478 e. The van der Waals surface area contributed by atoms with Gasteiger partial charge in [0.05, 0.1) is 6.61 Å². The Morgan fingerprint density at radius 3 is 3.00 bits per heavy atom. The molecule has 0 aliphatic carbocycles. The molecule has 11 heavy (non-hydrogen) atoms. The zero-order chi connectivity index (χ0) is 8.10. The molecule has 1 aromatic heterocycles. The van der Waals surface area contributed by atoms with Crippen LogP contribution in [0, 0.1) is 0 Å². The first kappa shape index (κ1) is 7.85. The van der Waals surface area contributed by atoms with Crippen molar-refractivity contribution in [2.24, 2.45) is 0 Å². The average molecular weight is 152 g/mol. The van der Waals surface area contributed by atoms with Gasteiger partial charge in [-0.05, 0) is 13.0 Å². The van der Waals surface area contributed by atoms with E-state index in [9.17, 15) is 0 Å². The van der Waals surface area contributed by atoms with Crippen LogP contribution < -0.4 is 10.1 Å². The van der Waals surface area contributed by atoms with E-state index in [4.69, 9.17) is 4.74 Å². The van der Waals surface area contributed by atoms with Crippen molar-refractivity contribution in [3.05, 3.63) is 18.2 Å². The summed E-state index contributed by atoms with van der Waals surface area (Å²) in [6.45, 7) is 2.59. The highest BCUT2D eigenvalue weighted by Gasteiger charge is 1.93. The first-order valence-corrected chi connectivity index (χ1v) is 3.64. The maximum Gasteiger partial charge on any atom is 0.215 e. The van der Waals surface area contributed by atoms with Crippen LogP contribution in [0.5, 0.6) is 5.88 Å². The second kappa shape index (κ2) is 3.81. The minimum atomic E-state index is 0.653. The van der Waals surface area contributed by atoms with E-state index in [-0.39, 0.29) is 0 Å². The van der Waals surface area contributed by atoms with Gasteiger partial charge in [0.1, 0.15) is 5.82 Å². The van der Waals surface area contributed by atoms with Gasteiger partial charge in [-0.2, -0.15) is 4.98 Å². The topological polar surface area (TPSA) is 34.1 Å². The minimum absolute atomic E-state index is 0.653. The van der Waals surface area contributed by atoms with Crippen LogP contribution in [0.15, 0.2) is 18.2 Å². The summed E-state index contributed by atoms with van der Waals surface area (Å²) in [7, 11) is 1.83. The summed E-state index contributed by atoms with van der Waals surface area (Å²) >= 11 is 0. The fraction of sp³-hybridized carbons (Fsp3) is 0.375. The standard InChI is InChI=1S/C8H12N2O/c1-3-11-8-6-4-5-7(9-2)10-8/h4-6H,3H2,1-2H3,(H,9,10). The molecule has 60 valence electrons. The first-order chi connectivity index (χ1) is 5.36. The molecule has 0 aromatic carbocycles. The van der Waals surface area contributed by atoms with Gasteiger partial charge in [0.2, 0.25) is 5.88 Å². The van der Waals surface area contributed by atoms with Gasteiger partial charge >= 0.3 is 0 Å². The lowest BCUT2D eigenvalue weighted by Gasteiger charge is -2.03. The maximum absolute atomic E-state index is 5.20. The summed E-state index contributed by atoms with van der Waals surface area (Å²) in [6.07, 6.45) is 0. The number of anilines is 1. The van der Waals surface area contributed by atoms with Gasteiger partial charge in [-0.15, -0.1) is 0 Å². The highest BCUT2D eigenvalue weighted by molar-refractivity contribution is 5.35. The van der Waals surface area contributed by atoms with Gasteiger partial charge in [0, 0.05) is 13.1 Å². The molecule has 1 heterocycles. The molecule has 1 rings (SSSR count). The van der Waals surface area contributed by atoms with Crippen LogP contribution in [0.25, 0.3) is 0 Å². The Morgan fingerprint density at radius 2 is 2.36 bits per heavy atom. The second-order valence-electron chi connectivity index (χ2n) is 2.04. The van der Waals surface area contributed by atoms with Gasteiger partial charge in [0.25, 0.3) is 0 Å². The van der Waals surface area contributed by atoms with Crippen LogP contribution in [-0.2, 0) is 0 Å². The molecular formula is C8H12N2O. The average Bonchev–Trinajstić information content (AvgIpc) is 2.06. The van der Waals surface area contributed by atoms with E-state index in [0.29, 0.717) is 12.5 Å². The first-order valence-electron chi connectivity index (χ1n) is 3.64. The van der Waals surface area contributed by atoms with E-state index >= 15 is 0 Å². The molecule has 0 atom stereocenters. The van der Waals surface area contributed by atoms with Gasteiger partial charge in [-0.3, -0.25) is 0 Å². The molecule has 3 heteroatoms. The van der Waals surface area contributed by atoms with Crippen LogP contribution in [0.4, 0.5) is 5.82 Å². The third-order valence-corrected chi connectivity index (χ3v) is 1.27. The number of rotatable bonds is 3. The van der Waals surface area contributed by atoms with E-state index in [1.54, 1.807) is 0 Å². The fourth-order valence-electron chi connectivity index (χ4n) is 0.782. The Morgan fingerprint density at radius 1 is 1.55 bits per heavy atom. The molecule has 0 amide bonds. The molecule has 0 fully saturated rings. The van der Waals surface area contributed by atoms with E-state index in [0.717, 1.165) is 5.82 Å². The van der Waals surface area contributed by atoms with Crippen LogP contribution in [0.3, 0.4) is 0 Å².